The second-order valence-electron chi connectivity index (χ2n) is 7.33. The van der Waals surface area contributed by atoms with E-state index in [1.165, 1.54) is 0 Å². The van der Waals surface area contributed by atoms with E-state index < -0.39 is 18.3 Å². The van der Waals surface area contributed by atoms with Gasteiger partial charge in [-0.2, -0.15) is 0 Å². The van der Waals surface area contributed by atoms with Crippen molar-refractivity contribution in [3.8, 4) is 0 Å². The lowest BCUT2D eigenvalue weighted by Gasteiger charge is -2.32. The van der Waals surface area contributed by atoms with Crippen LogP contribution in [0.2, 0.25) is 0 Å². The lowest BCUT2D eigenvalue weighted by molar-refractivity contribution is -0.111. The lowest BCUT2D eigenvalue weighted by atomic mass is 9.78. The molecule has 1 heterocycles. The van der Waals surface area contributed by atoms with E-state index in [1.807, 2.05) is 77.0 Å². The quantitative estimate of drug-likeness (QED) is 0.663. The van der Waals surface area contributed by atoms with Crippen molar-refractivity contribution >= 4 is 24.2 Å². The number of carbonyl (C=O) groups is 1. The summed E-state index contributed by atoms with van der Waals surface area (Å²) in [4.78, 5) is 14.1. The average Bonchev–Trinajstić information content (AvgIpc) is 2.67. The van der Waals surface area contributed by atoms with Gasteiger partial charge in [0.1, 0.15) is 0 Å². The van der Waals surface area contributed by atoms with E-state index in [2.05, 4.69) is 5.32 Å². The summed E-state index contributed by atoms with van der Waals surface area (Å²) >= 11 is 0. The van der Waals surface area contributed by atoms with Gasteiger partial charge in [-0.1, -0.05) is 24.3 Å². The SMILES string of the molecule is CN(C)CC=CC(=O)Nc1ccccc1B1OC(C)(C)C(C)(C)O1. The van der Waals surface area contributed by atoms with Crippen LogP contribution in [-0.2, 0) is 14.1 Å². The maximum atomic E-state index is 12.1. The Morgan fingerprint density at radius 2 is 1.75 bits per heavy atom. The number of carbonyl (C=O) groups excluding carboxylic acids is 1. The van der Waals surface area contributed by atoms with Crippen LogP contribution in [0.25, 0.3) is 0 Å². The minimum absolute atomic E-state index is 0.166. The van der Waals surface area contributed by atoms with Gasteiger partial charge in [-0.15, -0.1) is 0 Å². The second kappa shape index (κ2) is 7.09. The van der Waals surface area contributed by atoms with Crippen molar-refractivity contribution in [1.82, 2.24) is 4.90 Å². The Balaban J connectivity index is 2.14. The van der Waals surface area contributed by atoms with E-state index in [4.69, 9.17) is 9.31 Å². The minimum atomic E-state index is -0.503. The molecule has 1 fully saturated rings. The van der Waals surface area contributed by atoms with Gasteiger partial charge in [0.05, 0.1) is 11.2 Å². The van der Waals surface area contributed by atoms with E-state index in [-0.39, 0.29) is 5.91 Å². The largest absolute Gasteiger partial charge is 0.496 e. The van der Waals surface area contributed by atoms with Gasteiger partial charge < -0.3 is 19.5 Å². The van der Waals surface area contributed by atoms with Gasteiger partial charge in [0.25, 0.3) is 0 Å². The first-order chi connectivity index (χ1) is 11.1. The van der Waals surface area contributed by atoms with Crippen LogP contribution in [0.15, 0.2) is 36.4 Å². The number of para-hydroxylation sites is 1. The topological polar surface area (TPSA) is 50.8 Å². The molecule has 6 heteroatoms. The highest BCUT2D eigenvalue weighted by Gasteiger charge is 2.52. The third-order valence-electron chi connectivity index (χ3n) is 4.47. The summed E-state index contributed by atoms with van der Waals surface area (Å²) in [5.74, 6) is -0.166. The van der Waals surface area contributed by atoms with Crippen LogP contribution in [0.4, 0.5) is 5.69 Å². The molecule has 1 aliphatic heterocycles. The molecule has 24 heavy (non-hydrogen) atoms. The summed E-state index contributed by atoms with van der Waals surface area (Å²) in [5.41, 5.74) is 0.696. The normalized spacial score (nSPS) is 19.2. The van der Waals surface area contributed by atoms with E-state index in [0.717, 1.165) is 5.46 Å². The smallest absolute Gasteiger partial charge is 0.399 e. The number of likely N-dealkylation sites (N-methyl/N-ethyl adjacent to an activating group) is 1. The summed E-state index contributed by atoms with van der Waals surface area (Å²) in [6.45, 7) is 8.76. The van der Waals surface area contributed by atoms with Crippen molar-refractivity contribution in [1.29, 1.82) is 0 Å². The summed E-state index contributed by atoms with van der Waals surface area (Å²) in [6, 6.07) is 7.57. The van der Waals surface area contributed by atoms with Gasteiger partial charge in [-0.3, -0.25) is 4.79 Å². The van der Waals surface area contributed by atoms with Crippen molar-refractivity contribution in [2.24, 2.45) is 0 Å². The molecule has 0 aliphatic carbocycles. The Hall–Kier alpha value is -1.63. The van der Waals surface area contributed by atoms with Crippen LogP contribution in [0.3, 0.4) is 0 Å². The van der Waals surface area contributed by atoms with Crippen LogP contribution in [0, 0.1) is 0 Å². The third-order valence-corrected chi connectivity index (χ3v) is 4.47. The molecule has 0 saturated carbocycles. The van der Waals surface area contributed by atoms with Gasteiger partial charge in [0.15, 0.2) is 0 Å². The lowest BCUT2D eigenvalue weighted by Crippen LogP contribution is -2.41. The molecule has 0 atom stereocenters. The summed E-state index contributed by atoms with van der Waals surface area (Å²) < 4.78 is 12.2. The zero-order chi connectivity index (χ0) is 18.0. The number of anilines is 1. The van der Waals surface area contributed by atoms with E-state index in [9.17, 15) is 4.79 Å². The standard InChI is InChI=1S/C18H27BN2O3/c1-17(2)18(3,4)24-19(23-17)14-10-7-8-11-15(14)20-16(22)12-9-13-21(5)6/h7-12H,13H2,1-6H3,(H,20,22). The molecular formula is C18H27BN2O3. The number of nitrogens with one attached hydrogen (secondary N) is 1. The van der Waals surface area contributed by atoms with Crippen LogP contribution in [0.1, 0.15) is 27.7 Å². The zero-order valence-corrected chi connectivity index (χ0v) is 15.4. The van der Waals surface area contributed by atoms with Gasteiger partial charge in [0.2, 0.25) is 5.91 Å². The number of hydrogen-bond acceptors (Lipinski definition) is 4. The molecule has 0 bridgehead atoms. The third kappa shape index (κ3) is 4.26. The molecule has 130 valence electrons. The van der Waals surface area contributed by atoms with Crippen LogP contribution < -0.4 is 10.8 Å². The van der Waals surface area contributed by atoms with Crippen molar-refractivity contribution in [3.05, 3.63) is 36.4 Å². The predicted octanol–water partition coefficient (Wildman–Crippen LogP) is 2.04. The maximum absolute atomic E-state index is 12.1. The predicted molar refractivity (Wildman–Crippen MR) is 98.5 cm³/mol. The molecule has 1 aromatic rings. The first kappa shape index (κ1) is 18.7. The molecule has 1 amide bonds. The Bertz CT molecular complexity index is 610. The van der Waals surface area contributed by atoms with Crippen molar-refractivity contribution in [2.75, 3.05) is 26.0 Å². The van der Waals surface area contributed by atoms with Crippen molar-refractivity contribution in [2.45, 2.75) is 38.9 Å². The van der Waals surface area contributed by atoms with Gasteiger partial charge >= 0.3 is 7.12 Å². The Morgan fingerprint density at radius 1 is 1.17 bits per heavy atom. The fraction of sp³-hybridized carbons (Fsp3) is 0.500. The molecule has 1 N–H and O–H groups in total. The first-order valence-corrected chi connectivity index (χ1v) is 8.19. The molecule has 0 unspecified atom stereocenters. The molecular weight excluding hydrogens is 303 g/mol. The fourth-order valence-corrected chi connectivity index (χ4v) is 2.33. The van der Waals surface area contributed by atoms with Crippen LogP contribution in [-0.4, -0.2) is 49.8 Å². The molecule has 1 saturated heterocycles. The number of rotatable bonds is 5. The fourth-order valence-electron chi connectivity index (χ4n) is 2.33. The highest BCUT2D eigenvalue weighted by atomic mass is 16.7. The Kier molecular flexibility index (Phi) is 5.53. The number of hydrogen-bond donors (Lipinski definition) is 1. The maximum Gasteiger partial charge on any atom is 0.496 e. The summed E-state index contributed by atoms with van der Waals surface area (Å²) in [5, 5.41) is 2.91. The number of benzene rings is 1. The van der Waals surface area contributed by atoms with Crippen molar-refractivity contribution in [3.63, 3.8) is 0 Å². The Morgan fingerprint density at radius 3 is 2.33 bits per heavy atom. The molecule has 2 rings (SSSR count). The molecule has 1 aromatic carbocycles. The van der Waals surface area contributed by atoms with Crippen LogP contribution >= 0.6 is 0 Å². The van der Waals surface area contributed by atoms with Gasteiger partial charge in [-0.05, 0) is 47.9 Å². The average molecular weight is 330 g/mol. The van der Waals surface area contributed by atoms with E-state index >= 15 is 0 Å². The summed E-state index contributed by atoms with van der Waals surface area (Å²) in [7, 11) is 3.41. The number of amides is 1. The molecule has 0 spiro atoms. The molecule has 0 radical (unpaired) electrons. The highest BCUT2D eigenvalue weighted by molar-refractivity contribution is 6.64. The monoisotopic (exact) mass is 330 g/mol. The molecule has 1 aliphatic rings. The molecule has 0 aromatic heterocycles. The second-order valence-corrected chi connectivity index (χ2v) is 7.33. The zero-order valence-electron chi connectivity index (χ0n) is 15.4. The van der Waals surface area contributed by atoms with Gasteiger partial charge in [0, 0.05) is 23.8 Å². The Labute approximate surface area is 145 Å². The summed E-state index contributed by atoms with van der Waals surface area (Å²) in [6.07, 6.45) is 3.37. The van der Waals surface area contributed by atoms with Crippen molar-refractivity contribution < 1.29 is 14.1 Å². The van der Waals surface area contributed by atoms with Gasteiger partial charge in [-0.25, -0.2) is 0 Å². The van der Waals surface area contributed by atoms with E-state index in [0.29, 0.717) is 12.2 Å². The highest BCUT2D eigenvalue weighted by Crippen LogP contribution is 2.36. The minimum Gasteiger partial charge on any atom is -0.399 e. The number of nitrogens with zero attached hydrogens (tertiary/aromatic N) is 1. The van der Waals surface area contributed by atoms with Crippen LogP contribution in [0.5, 0.6) is 0 Å². The van der Waals surface area contributed by atoms with E-state index in [1.54, 1.807) is 6.08 Å². The molecule has 5 nitrogen and oxygen atoms in total. The first-order valence-electron chi connectivity index (χ1n) is 8.19.